The van der Waals surface area contributed by atoms with Crippen molar-refractivity contribution in [3.05, 3.63) is 59.7 Å². The van der Waals surface area contributed by atoms with Crippen LogP contribution in [0, 0.1) is 5.92 Å². The van der Waals surface area contributed by atoms with Gasteiger partial charge in [-0.2, -0.15) is 0 Å². The van der Waals surface area contributed by atoms with Crippen molar-refractivity contribution in [2.24, 2.45) is 5.92 Å². The number of carbonyl (C=O) groups excluding carboxylic acids is 1. The summed E-state index contributed by atoms with van der Waals surface area (Å²) in [5, 5.41) is 6.68. The van der Waals surface area contributed by atoms with Crippen LogP contribution in [0.2, 0.25) is 0 Å². The third kappa shape index (κ3) is 6.36. The summed E-state index contributed by atoms with van der Waals surface area (Å²) in [5.41, 5.74) is 3.11. The van der Waals surface area contributed by atoms with Gasteiger partial charge in [-0.15, -0.1) is 0 Å². The summed E-state index contributed by atoms with van der Waals surface area (Å²) in [7, 11) is -3.62. The normalized spacial score (nSPS) is 23.1. The topological polar surface area (TPSA) is 90.5 Å². The lowest BCUT2D eigenvalue weighted by molar-refractivity contribution is -0.140. The number of carbonyl (C=O) groups is 1. The van der Waals surface area contributed by atoms with E-state index in [0.29, 0.717) is 32.2 Å². The monoisotopic (exact) mass is 610 g/mol. The molecule has 1 atom stereocenters. The number of piperazine rings is 1. The Morgan fingerprint density at radius 1 is 1.11 bits per heavy atom. The number of rotatable bonds is 8. The SMILES string of the molecule is CCNc1cc(S(=O)(=O)NC2CCC(C(=O)N3CCNC[C@@H]3c3ccccc3)CC2)ccc1CI. The van der Waals surface area contributed by atoms with Gasteiger partial charge in [-0.1, -0.05) is 59.0 Å². The van der Waals surface area contributed by atoms with E-state index in [1.165, 1.54) is 0 Å². The molecule has 35 heavy (non-hydrogen) atoms. The first-order valence-electron chi connectivity index (χ1n) is 12.4. The maximum Gasteiger partial charge on any atom is 0.240 e. The van der Waals surface area contributed by atoms with Crippen LogP contribution in [-0.4, -0.2) is 51.4 Å². The second-order valence-electron chi connectivity index (χ2n) is 9.31. The van der Waals surface area contributed by atoms with E-state index >= 15 is 0 Å². The fourth-order valence-corrected chi connectivity index (χ4v) is 7.11. The lowest BCUT2D eigenvalue weighted by Crippen LogP contribution is -2.51. The molecule has 1 saturated carbocycles. The highest BCUT2D eigenvalue weighted by Crippen LogP contribution is 2.31. The zero-order valence-electron chi connectivity index (χ0n) is 20.2. The third-order valence-electron chi connectivity index (χ3n) is 7.01. The fraction of sp³-hybridized carbons (Fsp3) is 0.500. The second-order valence-corrected chi connectivity index (χ2v) is 11.8. The van der Waals surface area contributed by atoms with Gasteiger partial charge in [-0.25, -0.2) is 13.1 Å². The zero-order valence-corrected chi connectivity index (χ0v) is 23.1. The summed E-state index contributed by atoms with van der Waals surface area (Å²) in [5.74, 6) is 0.148. The number of nitrogens with zero attached hydrogens (tertiary/aromatic N) is 1. The summed E-state index contributed by atoms with van der Waals surface area (Å²) in [6.45, 7) is 4.99. The van der Waals surface area contributed by atoms with Gasteiger partial charge in [-0.3, -0.25) is 4.79 Å². The molecular formula is C26H35IN4O3S. The van der Waals surface area contributed by atoms with Crippen LogP contribution in [0.3, 0.4) is 0 Å². The molecule has 0 spiro atoms. The minimum atomic E-state index is -3.62. The molecule has 4 rings (SSSR count). The largest absolute Gasteiger partial charge is 0.385 e. The first kappa shape index (κ1) is 26.4. The minimum absolute atomic E-state index is 0.0464. The van der Waals surface area contributed by atoms with Crippen molar-refractivity contribution in [3.63, 3.8) is 0 Å². The molecule has 0 bridgehead atoms. The number of sulfonamides is 1. The first-order valence-corrected chi connectivity index (χ1v) is 15.4. The summed E-state index contributed by atoms with van der Waals surface area (Å²) in [4.78, 5) is 15.8. The van der Waals surface area contributed by atoms with E-state index in [9.17, 15) is 13.2 Å². The molecule has 7 nitrogen and oxygen atoms in total. The maximum absolute atomic E-state index is 13.5. The molecule has 0 unspecified atom stereocenters. The molecule has 3 N–H and O–H groups in total. The van der Waals surface area contributed by atoms with Crippen molar-refractivity contribution in [1.82, 2.24) is 14.9 Å². The van der Waals surface area contributed by atoms with Crippen LogP contribution in [0.1, 0.15) is 49.8 Å². The van der Waals surface area contributed by atoms with Gasteiger partial charge in [0.1, 0.15) is 0 Å². The number of amides is 1. The molecule has 2 aromatic rings. The Kier molecular flexibility index (Phi) is 9.07. The van der Waals surface area contributed by atoms with E-state index in [0.717, 1.165) is 40.9 Å². The second kappa shape index (κ2) is 12.0. The molecule has 0 radical (unpaired) electrons. The van der Waals surface area contributed by atoms with Crippen molar-refractivity contribution in [2.45, 2.75) is 54.0 Å². The highest BCUT2D eigenvalue weighted by atomic mass is 127. The van der Waals surface area contributed by atoms with E-state index < -0.39 is 10.0 Å². The van der Waals surface area contributed by atoms with Crippen molar-refractivity contribution in [3.8, 4) is 0 Å². The molecule has 2 fully saturated rings. The number of anilines is 1. The Morgan fingerprint density at radius 2 is 1.86 bits per heavy atom. The fourth-order valence-electron chi connectivity index (χ4n) is 5.12. The third-order valence-corrected chi connectivity index (χ3v) is 9.35. The van der Waals surface area contributed by atoms with Crippen LogP contribution >= 0.6 is 22.6 Å². The molecule has 9 heteroatoms. The van der Waals surface area contributed by atoms with Crippen LogP contribution in [0.4, 0.5) is 5.69 Å². The van der Waals surface area contributed by atoms with Crippen LogP contribution in [-0.2, 0) is 19.2 Å². The van der Waals surface area contributed by atoms with Crippen LogP contribution in [0.25, 0.3) is 0 Å². The summed E-state index contributed by atoms with van der Waals surface area (Å²) in [6, 6.07) is 15.4. The molecule has 1 saturated heterocycles. The number of benzene rings is 2. The molecule has 2 aromatic carbocycles. The van der Waals surface area contributed by atoms with Gasteiger partial charge in [0.2, 0.25) is 15.9 Å². The van der Waals surface area contributed by atoms with Crippen molar-refractivity contribution in [2.75, 3.05) is 31.5 Å². The molecule has 1 heterocycles. The number of hydrogen-bond acceptors (Lipinski definition) is 5. The van der Waals surface area contributed by atoms with Gasteiger partial charge >= 0.3 is 0 Å². The van der Waals surface area contributed by atoms with Crippen molar-refractivity contribution < 1.29 is 13.2 Å². The number of alkyl halides is 1. The van der Waals surface area contributed by atoms with Crippen LogP contribution in [0.5, 0.6) is 0 Å². The lowest BCUT2D eigenvalue weighted by Gasteiger charge is -2.40. The van der Waals surface area contributed by atoms with E-state index in [2.05, 4.69) is 50.1 Å². The lowest BCUT2D eigenvalue weighted by atomic mass is 9.85. The van der Waals surface area contributed by atoms with E-state index in [-0.39, 0.29) is 28.8 Å². The number of halogens is 1. The van der Waals surface area contributed by atoms with Gasteiger partial charge in [-0.05, 0) is 55.9 Å². The molecule has 1 aliphatic heterocycles. The van der Waals surface area contributed by atoms with Gasteiger partial charge in [0, 0.05) is 48.3 Å². The molecular weight excluding hydrogens is 575 g/mol. The average Bonchev–Trinajstić information content (AvgIpc) is 2.89. The predicted octanol–water partition coefficient (Wildman–Crippen LogP) is 4.06. The molecule has 0 aromatic heterocycles. The average molecular weight is 611 g/mol. The van der Waals surface area contributed by atoms with Crippen molar-refractivity contribution >= 4 is 44.2 Å². The standard InChI is InChI=1S/C26H35IN4O3S/c1-2-29-24-16-23(13-10-21(24)17-27)35(33,34)30-22-11-8-20(9-12-22)26(32)31-15-14-28-18-25(31)19-6-4-3-5-7-19/h3-7,10,13,16,20,22,25,28-30H,2,8-9,11-12,14-15,17-18H2,1H3/t20?,22?,25-/m1/s1. The van der Waals surface area contributed by atoms with Gasteiger partial charge in [0.25, 0.3) is 0 Å². The quantitative estimate of drug-likeness (QED) is 0.310. The first-order chi connectivity index (χ1) is 16.9. The Morgan fingerprint density at radius 3 is 2.54 bits per heavy atom. The van der Waals surface area contributed by atoms with Crippen LogP contribution < -0.4 is 15.4 Å². The Hall–Kier alpha value is -1.69. The minimum Gasteiger partial charge on any atom is -0.385 e. The smallest absolute Gasteiger partial charge is 0.240 e. The summed E-state index contributed by atoms with van der Waals surface area (Å²) < 4.78 is 29.9. The zero-order chi connectivity index (χ0) is 24.8. The van der Waals surface area contributed by atoms with Gasteiger partial charge in [0.05, 0.1) is 10.9 Å². The van der Waals surface area contributed by atoms with Gasteiger partial charge < -0.3 is 15.5 Å². The number of hydrogen-bond donors (Lipinski definition) is 3. The van der Waals surface area contributed by atoms with E-state index in [4.69, 9.17) is 0 Å². The Bertz CT molecular complexity index is 1100. The van der Waals surface area contributed by atoms with Gasteiger partial charge in [0.15, 0.2) is 0 Å². The van der Waals surface area contributed by atoms with E-state index in [1.807, 2.05) is 36.1 Å². The molecule has 190 valence electrons. The predicted molar refractivity (Wildman–Crippen MR) is 148 cm³/mol. The molecule has 1 aliphatic carbocycles. The van der Waals surface area contributed by atoms with Crippen molar-refractivity contribution in [1.29, 1.82) is 0 Å². The number of nitrogens with one attached hydrogen (secondary N) is 3. The molecule has 2 aliphatic rings. The highest BCUT2D eigenvalue weighted by molar-refractivity contribution is 14.1. The van der Waals surface area contributed by atoms with Crippen LogP contribution in [0.15, 0.2) is 53.4 Å². The van der Waals surface area contributed by atoms with E-state index in [1.54, 1.807) is 12.1 Å². The summed E-state index contributed by atoms with van der Waals surface area (Å²) >= 11 is 2.28. The molecule has 1 amide bonds. The maximum atomic E-state index is 13.5. The Labute approximate surface area is 222 Å². The Balaban J connectivity index is 1.38. The highest BCUT2D eigenvalue weighted by Gasteiger charge is 2.35. The summed E-state index contributed by atoms with van der Waals surface area (Å²) in [6.07, 6.45) is 2.75.